The summed E-state index contributed by atoms with van der Waals surface area (Å²) in [5, 5.41) is 15.8. The number of fused-ring (bicyclic) bond motifs is 1. The van der Waals surface area contributed by atoms with Crippen LogP contribution < -0.4 is 5.32 Å². The van der Waals surface area contributed by atoms with E-state index in [4.69, 9.17) is 24.2 Å². The number of amides is 1. The lowest BCUT2D eigenvalue weighted by Crippen LogP contribution is -2.49. The molecule has 44 heavy (non-hydrogen) atoms. The molecular formula is C33H41N3O7S. The molecule has 2 heterocycles. The van der Waals surface area contributed by atoms with E-state index in [-0.39, 0.29) is 43.1 Å². The summed E-state index contributed by atoms with van der Waals surface area (Å²) in [6.45, 7) is 13.9. The molecule has 0 spiro atoms. The Balaban J connectivity index is 1.42. The maximum Gasteiger partial charge on any atom is 0.332 e. The Kier molecular flexibility index (Phi) is 8.89. The van der Waals surface area contributed by atoms with Crippen LogP contribution in [0, 0.1) is 29.6 Å². The van der Waals surface area contributed by atoms with Crippen molar-refractivity contribution in [2.24, 2.45) is 34.6 Å². The van der Waals surface area contributed by atoms with E-state index in [1.807, 2.05) is 24.5 Å². The standard InChI is InChI=1S/C33H41N3O7S/c1-8-19-14-33(19,32(40)42-9-2)36-29(37)21-11-20(12-22(21)31(38)39)43-26-13-23(30-35-24(15-44-30)16(3)4)34-28-18(6)25(41-7)10-17(5)27(26)28/h8,10,13,15-17,19-22,27H,1,9,11-12,14H2,2-7H3,(H,36,37)(H,38,39)/t17?,19-,20-,21-,22-,27?,33-/m1/s1. The van der Waals surface area contributed by atoms with Gasteiger partial charge in [0.25, 0.3) is 0 Å². The van der Waals surface area contributed by atoms with Crippen molar-refractivity contribution < 1.29 is 33.7 Å². The number of carboxylic acids is 1. The number of hydrogen-bond acceptors (Lipinski definition) is 9. The summed E-state index contributed by atoms with van der Waals surface area (Å²) in [6.07, 6.45) is 5.77. The van der Waals surface area contributed by atoms with Gasteiger partial charge in [0.1, 0.15) is 27.8 Å². The van der Waals surface area contributed by atoms with Gasteiger partial charge in [0.15, 0.2) is 0 Å². The molecule has 2 unspecified atom stereocenters. The number of aromatic nitrogens is 1. The number of ether oxygens (including phenoxy) is 3. The zero-order valence-electron chi connectivity index (χ0n) is 26.1. The molecule has 0 bridgehead atoms. The topological polar surface area (TPSA) is 136 Å². The number of nitrogens with zero attached hydrogens (tertiary/aromatic N) is 2. The van der Waals surface area contributed by atoms with Gasteiger partial charge in [0, 0.05) is 22.9 Å². The number of thiazole rings is 1. The number of dihydropyridines is 1. The van der Waals surface area contributed by atoms with Gasteiger partial charge in [-0.15, -0.1) is 17.9 Å². The summed E-state index contributed by atoms with van der Waals surface area (Å²) in [5.41, 5.74) is 2.19. The molecule has 1 aliphatic heterocycles. The number of carbonyl (C=O) groups excluding carboxylic acids is 2. The molecule has 3 aliphatic carbocycles. The molecule has 1 aromatic rings. The molecular weight excluding hydrogens is 582 g/mol. The number of allylic oxidation sites excluding steroid dienone is 3. The monoisotopic (exact) mass is 623 g/mol. The van der Waals surface area contributed by atoms with Crippen LogP contribution in [0.3, 0.4) is 0 Å². The Morgan fingerprint density at radius 1 is 1.27 bits per heavy atom. The number of aliphatic carboxylic acids is 1. The number of carbonyl (C=O) groups is 3. The molecule has 7 atom stereocenters. The molecule has 2 saturated carbocycles. The average Bonchev–Trinajstić information content (AvgIpc) is 3.30. The van der Waals surface area contributed by atoms with Crippen LogP contribution in [0.2, 0.25) is 0 Å². The average molecular weight is 624 g/mol. The van der Waals surface area contributed by atoms with Crippen molar-refractivity contribution >= 4 is 34.9 Å². The maximum absolute atomic E-state index is 13.6. The molecule has 5 rings (SSSR count). The van der Waals surface area contributed by atoms with Crippen LogP contribution in [-0.2, 0) is 28.6 Å². The predicted molar refractivity (Wildman–Crippen MR) is 166 cm³/mol. The zero-order valence-corrected chi connectivity index (χ0v) is 26.9. The van der Waals surface area contributed by atoms with Gasteiger partial charge in [-0.1, -0.05) is 26.8 Å². The quantitative estimate of drug-likeness (QED) is 0.255. The zero-order chi connectivity index (χ0) is 31.9. The summed E-state index contributed by atoms with van der Waals surface area (Å²) in [6, 6.07) is 0. The highest BCUT2D eigenvalue weighted by molar-refractivity contribution is 7.12. The first-order valence-electron chi connectivity index (χ1n) is 15.2. The van der Waals surface area contributed by atoms with Crippen molar-refractivity contribution in [1.29, 1.82) is 0 Å². The molecule has 236 valence electrons. The van der Waals surface area contributed by atoms with Crippen molar-refractivity contribution in [3.8, 4) is 0 Å². The first kappa shape index (κ1) is 31.7. The summed E-state index contributed by atoms with van der Waals surface area (Å²) in [4.78, 5) is 48.5. The van der Waals surface area contributed by atoms with E-state index in [0.29, 0.717) is 17.9 Å². The first-order chi connectivity index (χ1) is 20.9. The summed E-state index contributed by atoms with van der Waals surface area (Å²) in [7, 11) is 1.64. The number of aliphatic imine (C=N–C) groups is 1. The highest BCUT2D eigenvalue weighted by atomic mass is 32.1. The third-order valence-corrected chi connectivity index (χ3v) is 10.0. The molecule has 0 radical (unpaired) electrons. The molecule has 1 amide bonds. The second-order valence-corrected chi connectivity index (χ2v) is 13.2. The fourth-order valence-corrected chi connectivity index (χ4v) is 7.47. The SMILES string of the molecule is C=C[C@@H]1C[C@]1(NC(=O)[C@@H]1C[C@@H](OC2=CC(c3nc(C(C)C)cs3)=NC3=C(C)C(OC)=CC(C)C23)C[C@H]1C(=O)O)C(=O)OCC. The van der Waals surface area contributed by atoms with Crippen molar-refractivity contribution in [2.45, 2.75) is 71.4 Å². The largest absolute Gasteiger partial charge is 0.497 e. The van der Waals surface area contributed by atoms with E-state index in [1.165, 1.54) is 11.3 Å². The van der Waals surface area contributed by atoms with Crippen molar-refractivity contribution in [2.75, 3.05) is 13.7 Å². The van der Waals surface area contributed by atoms with E-state index < -0.39 is 41.3 Å². The third kappa shape index (κ3) is 5.74. The second-order valence-electron chi connectivity index (χ2n) is 12.3. The smallest absolute Gasteiger partial charge is 0.332 e. The van der Waals surface area contributed by atoms with Crippen LogP contribution in [0.15, 0.2) is 58.0 Å². The predicted octanol–water partition coefficient (Wildman–Crippen LogP) is 5.14. The fraction of sp³-hybridized carbons (Fsp3) is 0.545. The molecule has 11 heteroatoms. The van der Waals surface area contributed by atoms with Crippen LogP contribution >= 0.6 is 11.3 Å². The van der Waals surface area contributed by atoms with Crippen molar-refractivity contribution in [3.05, 3.63) is 63.7 Å². The minimum Gasteiger partial charge on any atom is -0.497 e. The van der Waals surface area contributed by atoms with Crippen LogP contribution in [0.5, 0.6) is 0 Å². The van der Waals surface area contributed by atoms with Gasteiger partial charge in [0.05, 0.1) is 49.0 Å². The molecule has 2 N–H and O–H groups in total. The normalized spacial score (nSPS) is 30.9. The molecule has 0 saturated heterocycles. The lowest BCUT2D eigenvalue weighted by Gasteiger charge is -2.34. The van der Waals surface area contributed by atoms with Crippen LogP contribution in [0.25, 0.3) is 0 Å². The minimum absolute atomic E-state index is 0.00590. The highest BCUT2D eigenvalue weighted by Crippen LogP contribution is 2.48. The van der Waals surface area contributed by atoms with Crippen LogP contribution in [0.4, 0.5) is 0 Å². The van der Waals surface area contributed by atoms with Crippen LogP contribution in [0.1, 0.15) is 70.5 Å². The Hall–Kier alpha value is -3.73. The summed E-state index contributed by atoms with van der Waals surface area (Å²) < 4.78 is 17.5. The fourth-order valence-electron chi connectivity index (χ4n) is 6.53. The third-order valence-electron chi connectivity index (χ3n) is 9.13. The number of esters is 1. The van der Waals surface area contributed by atoms with Gasteiger partial charge in [-0.3, -0.25) is 9.59 Å². The summed E-state index contributed by atoms with van der Waals surface area (Å²) in [5.74, 6) is -2.71. The number of methoxy groups -OCH3 is 1. The molecule has 10 nitrogen and oxygen atoms in total. The van der Waals surface area contributed by atoms with E-state index in [1.54, 1.807) is 20.1 Å². The lowest BCUT2D eigenvalue weighted by atomic mass is 9.80. The Bertz CT molecular complexity index is 1490. The van der Waals surface area contributed by atoms with Crippen LogP contribution in [-0.4, -0.2) is 59.0 Å². The number of carboxylic acid groups (broad SMARTS) is 1. The Labute approximate surface area is 262 Å². The molecule has 4 aliphatic rings. The molecule has 0 aromatic carbocycles. The minimum atomic E-state index is -1.20. The van der Waals surface area contributed by atoms with Crippen molar-refractivity contribution in [3.63, 3.8) is 0 Å². The Morgan fingerprint density at radius 2 is 2.00 bits per heavy atom. The van der Waals surface area contributed by atoms with Gasteiger partial charge >= 0.3 is 11.9 Å². The van der Waals surface area contributed by atoms with E-state index in [0.717, 1.165) is 27.7 Å². The summed E-state index contributed by atoms with van der Waals surface area (Å²) >= 11 is 1.52. The van der Waals surface area contributed by atoms with Gasteiger partial charge in [-0.2, -0.15) is 0 Å². The van der Waals surface area contributed by atoms with E-state index in [2.05, 4.69) is 32.7 Å². The highest BCUT2D eigenvalue weighted by Gasteiger charge is 2.62. The van der Waals surface area contributed by atoms with Gasteiger partial charge in [-0.05, 0) is 51.0 Å². The van der Waals surface area contributed by atoms with E-state index in [9.17, 15) is 19.5 Å². The Morgan fingerprint density at radius 3 is 2.59 bits per heavy atom. The maximum atomic E-state index is 13.6. The number of rotatable bonds is 11. The number of hydrogen-bond donors (Lipinski definition) is 2. The molecule has 1 aromatic heterocycles. The first-order valence-corrected chi connectivity index (χ1v) is 16.1. The lowest BCUT2D eigenvalue weighted by molar-refractivity contribution is -0.150. The van der Waals surface area contributed by atoms with Crippen molar-refractivity contribution in [1.82, 2.24) is 10.3 Å². The van der Waals surface area contributed by atoms with Gasteiger partial charge < -0.3 is 24.6 Å². The second kappa shape index (κ2) is 12.3. The number of nitrogens with one attached hydrogen (secondary N) is 1. The van der Waals surface area contributed by atoms with E-state index >= 15 is 0 Å². The molecule has 2 fully saturated rings. The van der Waals surface area contributed by atoms with Gasteiger partial charge in [0.2, 0.25) is 5.91 Å². The van der Waals surface area contributed by atoms with Gasteiger partial charge in [-0.25, -0.2) is 14.8 Å².